The lowest BCUT2D eigenvalue weighted by Crippen LogP contribution is -2.12. The van der Waals surface area contributed by atoms with Gasteiger partial charge >= 0.3 is 5.97 Å². The number of esters is 1. The van der Waals surface area contributed by atoms with Crippen LogP contribution < -0.4 is 0 Å². The topological polar surface area (TPSA) is 26.3 Å². The standard InChI is InChI=1S/C20H22O2/c1-14(2)11-12-20(21)22-13-19-17-9-5-3-7-15(17)16-8-4-6-10-18(16)19/h3-10,14,19H,11-13H2,1-2H3. The molecule has 2 nitrogen and oxygen atoms in total. The third-order valence-electron chi connectivity index (χ3n) is 4.30. The first-order chi connectivity index (χ1) is 10.7. The second-order valence-electron chi connectivity index (χ2n) is 6.34. The molecule has 0 heterocycles. The lowest BCUT2D eigenvalue weighted by Gasteiger charge is -2.14. The molecule has 1 aliphatic rings. The molecule has 0 aliphatic heterocycles. The van der Waals surface area contributed by atoms with E-state index >= 15 is 0 Å². The molecule has 0 aromatic heterocycles. The highest BCUT2D eigenvalue weighted by atomic mass is 16.5. The summed E-state index contributed by atoms with van der Waals surface area (Å²) in [7, 11) is 0. The minimum Gasteiger partial charge on any atom is -0.465 e. The van der Waals surface area contributed by atoms with Crippen LogP contribution in [0, 0.1) is 5.92 Å². The van der Waals surface area contributed by atoms with Crippen molar-refractivity contribution in [1.29, 1.82) is 0 Å². The quantitative estimate of drug-likeness (QED) is 0.742. The number of benzene rings is 2. The minimum atomic E-state index is -0.0874. The highest BCUT2D eigenvalue weighted by molar-refractivity contribution is 5.79. The van der Waals surface area contributed by atoms with E-state index in [0.717, 1.165) is 6.42 Å². The lowest BCUT2D eigenvalue weighted by atomic mass is 9.98. The summed E-state index contributed by atoms with van der Waals surface area (Å²) >= 11 is 0. The molecule has 0 unspecified atom stereocenters. The van der Waals surface area contributed by atoms with Crippen LogP contribution in [0.1, 0.15) is 43.7 Å². The van der Waals surface area contributed by atoms with E-state index in [1.807, 2.05) is 0 Å². The number of carbonyl (C=O) groups excluding carboxylic acids is 1. The number of fused-ring (bicyclic) bond motifs is 3. The highest BCUT2D eigenvalue weighted by Gasteiger charge is 2.28. The Kier molecular flexibility index (Phi) is 4.28. The molecule has 0 saturated carbocycles. The van der Waals surface area contributed by atoms with Crippen LogP contribution in [0.2, 0.25) is 0 Å². The Morgan fingerprint density at radius 1 is 1.00 bits per heavy atom. The fourth-order valence-electron chi connectivity index (χ4n) is 3.09. The Bertz CT molecular complexity index is 627. The largest absolute Gasteiger partial charge is 0.465 e. The van der Waals surface area contributed by atoms with Crippen molar-refractivity contribution >= 4 is 5.97 Å². The molecule has 2 aromatic rings. The predicted octanol–water partition coefficient (Wildman–Crippen LogP) is 4.78. The van der Waals surface area contributed by atoms with Crippen LogP contribution in [-0.4, -0.2) is 12.6 Å². The number of hydrogen-bond acceptors (Lipinski definition) is 2. The summed E-state index contributed by atoms with van der Waals surface area (Å²) in [6.07, 6.45) is 1.39. The molecule has 0 spiro atoms. The van der Waals surface area contributed by atoms with Crippen molar-refractivity contribution in [3.8, 4) is 11.1 Å². The molecule has 0 atom stereocenters. The van der Waals surface area contributed by atoms with E-state index in [-0.39, 0.29) is 11.9 Å². The smallest absolute Gasteiger partial charge is 0.305 e. The van der Waals surface area contributed by atoms with Gasteiger partial charge in [0.1, 0.15) is 6.61 Å². The Labute approximate surface area is 132 Å². The van der Waals surface area contributed by atoms with E-state index < -0.39 is 0 Å². The molecular formula is C20H22O2. The number of hydrogen-bond donors (Lipinski definition) is 0. The summed E-state index contributed by atoms with van der Waals surface area (Å²) in [6, 6.07) is 16.8. The monoisotopic (exact) mass is 294 g/mol. The fraction of sp³-hybridized carbons (Fsp3) is 0.350. The average Bonchev–Trinajstić information content (AvgIpc) is 2.85. The van der Waals surface area contributed by atoms with Crippen molar-refractivity contribution in [3.63, 3.8) is 0 Å². The molecule has 0 radical (unpaired) electrons. The Balaban J connectivity index is 1.75. The molecule has 0 bridgehead atoms. The van der Waals surface area contributed by atoms with Gasteiger partial charge in [-0.2, -0.15) is 0 Å². The Morgan fingerprint density at radius 2 is 1.55 bits per heavy atom. The second kappa shape index (κ2) is 6.35. The number of ether oxygens (including phenoxy) is 1. The van der Waals surface area contributed by atoms with Crippen LogP contribution in [0.3, 0.4) is 0 Å². The average molecular weight is 294 g/mol. The maximum atomic E-state index is 11.9. The zero-order chi connectivity index (χ0) is 15.5. The highest BCUT2D eigenvalue weighted by Crippen LogP contribution is 2.44. The zero-order valence-electron chi connectivity index (χ0n) is 13.2. The van der Waals surface area contributed by atoms with E-state index in [1.54, 1.807) is 0 Å². The van der Waals surface area contributed by atoms with Crippen molar-refractivity contribution in [2.45, 2.75) is 32.6 Å². The van der Waals surface area contributed by atoms with Crippen LogP contribution in [0.5, 0.6) is 0 Å². The van der Waals surface area contributed by atoms with Crippen LogP contribution in [0.15, 0.2) is 48.5 Å². The molecule has 114 valence electrons. The van der Waals surface area contributed by atoms with Gasteiger partial charge in [0.15, 0.2) is 0 Å². The third-order valence-corrected chi connectivity index (χ3v) is 4.30. The van der Waals surface area contributed by atoms with Crippen molar-refractivity contribution in [1.82, 2.24) is 0 Å². The maximum Gasteiger partial charge on any atom is 0.305 e. The first-order valence-corrected chi connectivity index (χ1v) is 8.00. The van der Waals surface area contributed by atoms with Crippen molar-refractivity contribution in [3.05, 3.63) is 59.7 Å². The van der Waals surface area contributed by atoms with Gasteiger partial charge in [0, 0.05) is 12.3 Å². The van der Waals surface area contributed by atoms with Crippen LogP contribution in [0.25, 0.3) is 11.1 Å². The SMILES string of the molecule is CC(C)CCC(=O)OCC1c2ccccc2-c2ccccc21. The van der Waals surface area contributed by atoms with Gasteiger partial charge in [-0.15, -0.1) is 0 Å². The number of carbonyl (C=O) groups is 1. The molecular weight excluding hydrogens is 272 g/mol. The minimum absolute atomic E-state index is 0.0874. The Morgan fingerprint density at radius 3 is 2.09 bits per heavy atom. The molecule has 0 N–H and O–H groups in total. The Hall–Kier alpha value is -2.09. The molecule has 0 fully saturated rings. The van der Waals surface area contributed by atoms with Gasteiger partial charge in [-0.1, -0.05) is 62.4 Å². The molecule has 3 rings (SSSR count). The molecule has 1 aliphatic carbocycles. The first-order valence-electron chi connectivity index (χ1n) is 8.00. The lowest BCUT2D eigenvalue weighted by molar-refractivity contribution is -0.144. The zero-order valence-corrected chi connectivity index (χ0v) is 13.2. The van der Waals surface area contributed by atoms with E-state index in [2.05, 4.69) is 62.4 Å². The van der Waals surface area contributed by atoms with Crippen LogP contribution in [0.4, 0.5) is 0 Å². The summed E-state index contributed by atoms with van der Waals surface area (Å²) in [5.41, 5.74) is 5.06. The first kappa shape index (κ1) is 14.8. The van der Waals surface area contributed by atoms with Gasteiger partial charge in [0.25, 0.3) is 0 Å². The van der Waals surface area contributed by atoms with Crippen molar-refractivity contribution in [2.75, 3.05) is 6.61 Å². The molecule has 2 aromatic carbocycles. The third kappa shape index (κ3) is 2.92. The molecule has 22 heavy (non-hydrogen) atoms. The normalized spacial score (nSPS) is 13.0. The molecule has 0 saturated heterocycles. The van der Waals surface area contributed by atoms with Gasteiger partial charge in [0.2, 0.25) is 0 Å². The maximum absolute atomic E-state index is 11.9. The van der Waals surface area contributed by atoms with Crippen LogP contribution >= 0.6 is 0 Å². The van der Waals surface area contributed by atoms with E-state index in [4.69, 9.17) is 4.74 Å². The summed E-state index contributed by atoms with van der Waals surface area (Å²) in [5.74, 6) is 0.603. The second-order valence-corrected chi connectivity index (χ2v) is 6.34. The number of rotatable bonds is 5. The van der Waals surface area contributed by atoms with Gasteiger partial charge in [-0.25, -0.2) is 0 Å². The van der Waals surface area contributed by atoms with E-state index in [1.165, 1.54) is 22.3 Å². The van der Waals surface area contributed by atoms with Crippen molar-refractivity contribution < 1.29 is 9.53 Å². The van der Waals surface area contributed by atoms with E-state index in [0.29, 0.717) is 18.9 Å². The van der Waals surface area contributed by atoms with Crippen LogP contribution in [-0.2, 0) is 9.53 Å². The summed E-state index contributed by atoms with van der Waals surface area (Å²) in [5, 5.41) is 0. The van der Waals surface area contributed by atoms with E-state index in [9.17, 15) is 4.79 Å². The van der Waals surface area contributed by atoms with Gasteiger partial charge in [-0.05, 0) is 34.6 Å². The summed E-state index contributed by atoms with van der Waals surface area (Å²) < 4.78 is 5.55. The van der Waals surface area contributed by atoms with Gasteiger partial charge in [-0.3, -0.25) is 4.79 Å². The van der Waals surface area contributed by atoms with Crippen molar-refractivity contribution in [2.24, 2.45) is 5.92 Å². The fourth-order valence-corrected chi connectivity index (χ4v) is 3.09. The predicted molar refractivity (Wildman–Crippen MR) is 88.8 cm³/mol. The molecule has 2 heteroatoms. The summed E-state index contributed by atoms with van der Waals surface area (Å²) in [6.45, 7) is 4.68. The summed E-state index contributed by atoms with van der Waals surface area (Å²) in [4.78, 5) is 11.9. The van der Waals surface area contributed by atoms with Gasteiger partial charge in [0.05, 0.1) is 0 Å². The van der Waals surface area contributed by atoms with Gasteiger partial charge < -0.3 is 4.74 Å². The molecule has 0 amide bonds.